The Hall–Kier alpha value is -3.71. The van der Waals surface area contributed by atoms with Crippen molar-refractivity contribution in [2.75, 3.05) is 66.2 Å². The van der Waals surface area contributed by atoms with E-state index in [-0.39, 0.29) is 6.10 Å². The van der Waals surface area contributed by atoms with E-state index in [0.29, 0.717) is 43.4 Å². The van der Waals surface area contributed by atoms with Gasteiger partial charge in [-0.3, -0.25) is 0 Å². The minimum atomic E-state index is 0.0717. The fourth-order valence-electron chi connectivity index (χ4n) is 5.42. The summed E-state index contributed by atoms with van der Waals surface area (Å²) < 4.78 is 23.3. The van der Waals surface area contributed by atoms with Crippen LogP contribution in [-0.2, 0) is 11.2 Å². The zero-order valence-electron chi connectivity index (χ0n) is 24.8. The molecule has 0 atom stereocenters. The first kappa shape index (κ1) is 29.8. The second kappa shape index (κ2) is 15.0. The van der Waals surface area contributed by atoms with E-state index >= 15 is 0 Å². The van der Waals surface area contributed by atoms with Crippen LogP contribution in [-0.4, -0.2) is 92.1 Å². The summed E-state index contributed by atoms with van der Waals surface area (Å²) in [7, 11) is 1.66. The SMILES string of the molecule is CCN1CCN(CCCOc2cc(Cc3nccc(-c4ccc(OC5CCOCC5)c(C#N)c4)n3)ccc2OC)CC1. The minimum Gasteiger partial charge on any atom is -0.493 e. The normalized spacial score (nSPS) is 16.6. The van der Waals surface area contributed by atoms with E-state index in [1.807, 2.05) is 42.5 Å². The number of hydrogen-bond donors (Lipinski definition) is 0. The highest BCUT2D eigenvalue weighted by Crippen LogP contribution is 2.30. The predicted molar refractivity (Wildman–Crippen MR) is 161 cm³/mol. The van der Waals surface area contributed by atoms with Crippen molar-refractivity contribution in [2.45, 2.75) is 38.7 Å². The van der Waals surface area contributed by atoms with E-state index in [1.165, 1.54) is 0 Å². The van der Waals surface area contributed by atoms with Crippen LogP contribution in [0.15, 0.2) is 48.7 Å². The van der Waals surface area contributed by atoms with Crippen molar-refractivity contribution in [3.63, 3.8) is 0 Å². The third-order valence-electron chi connectivity index (χ3n) is 7.94. The van der Waals surface area contributed by atoms with Gasteiger partial charge in [-0.15, -0.1) is 0 Å². The third-order valence-corrected chi connectivity index (χ3v) is 7.94. The molecule has 2 fully saturated rings. The molecule has 42 heavy (non-hydrogen) atoms. The highest BCUT2D eigenvalue weighted by molar-refractivity contribution is 5.64. The Bertz CT molecular complexity index is 1350. The maximum Gasteiger partial charge on any atom is 0.161 e. The van der Waals surface area contributed by atoms with Crippen molar-refractivity contribution in [3.8, 4) is 34.6 Å². The molecule has 0 bridgehead atoms. The van der Waals surface area contributed by atoms with Gasteiger partial charge >= 0.3 is 0 Å². The molecule has 3 aromatic rings. The van der Waals surface area contributed by atoms with Gasteiger partial charge in [0.2, 0.25) is 0 Å². The maximum absolute atomic E-state index is 9.79. The Morgan fingerprint density at radius 2 is 1.76 bits per heavy atom. The Kier molecular flexibility index (Phi) is 10.6. The molecule has 0 N–H and O–H groups in total. The number of benzene rings is 2. The number of hydrogen-bond acceptors (Lipinski definition) is 9. The Balaban J connectivity index is 1.20. The first-order valence-corrected chi connectivity index (χ1v) is 15.0. The summed E-state index contributed by atoms with van der Waals surface area (Å²) in [5.41, 5.74) is 3.15. The number of rotatable bonds is 12. The van der Waals surface area contributed by atoms with Crippen LogP contribution in [0.1, 0.15) is 43.1 Å². The molecule has 2 aliphatic heterocycles. The number of likely N-dealkylation sites (N-methyl/N-ethyl adjacent to an activating group) is 1. The summed E-state index contributed by atoms with van der Waals surface area (Å²) >= 11 is 0. The van der Waals surface area contributed by atoms with Gasteiger partial charge in [0.1, 0.15) is 23.7 Å². The molecule has 0 saturated carbocycles. The molecular formula is C33H41N5O4. The Morgan fingerprint density at radius 1 is 0.976 bits per heavy atom. The van der Waals surface area contributed by atoms with Crippen molar-refractivity contribution < 1.29 is 18.9 Å². The average Bonchev–Trinajstić information content (AvgIpc) is 3.04. The van der Waals surface area contributed by atoms with Gasteiger partial charge in [0.25, 0.3) is 0 Å². The first-order valence-electron chi connectivity index (χ1n) is 15.0. The summed E-state index contributed by atoms with van der Waals surface area (Å²) in [5.74, 6) is 2.75. The number of nitrogens with zero attached hydrogens (tertiary/aromatic N) is 5. The standard InChI is InChI=1S/C33H41N5O4/c1-3-37-14-16-38(17-15-37)13-4-18-41-32-21-25(5-7-31(32)39-2)22-33-35-12-9-29(36-33)26-6-8-30(27(23-26)24-34)42-28-10-19-40-20-11-28/h5-9,12,21,23,28H,3-4,10-11,13-20,22H2,1-2H3. The highest BCUT2D eigenvalue weighted by Gasteiger charge is 2.18. The molecule has 2 aliphatic rings. The molecule has 5 rings (SSSR count). The molecule has 0 radical (unpaired) electrons. The predicted octanol–water partition coefficient (Wildman–Crippen LogP) is 4.58. The van der Waals surface area contributed by atoms with E-state index in [1.54, 1.807) is 13.3 Å². The number of methoxy groups -OCH3 is 1. The van der Waals surface area contributed by atoms with Gasteiger partial charge in [0, 0.05) is 63.7 Å². The van der Waals surface area contributed by atoms with Crippen LogP contribution in [0.4, 0.5) is 0 Å². The molecule has 0 spiro atoms. The van der Waals surface area contributed by atoms with Gasteiger partial charge in [0.05, 0.1) is 38.2 Å². The van der Waals surface area contributed by atoms with E-state index in [0.717, 1.165) is 86.9 Å². The molecule has 1 aromatic heterocycles. The van der Waals surface area contributed by atoms with Crippen LogP contribution in [0.5, 0.6) is 17.2 Å². The molecule has 9 heteroatoms. The summed E-state index contributed by atoms with van der Waals surface area (Å²) in [6.45, 7) is 10.9. The number of nitriles is 1. The fourth-order valence-corrected chi connectivity index (χ4v) is 5.42. The van der Waals surface area contributed by atoms with E-state index in [4.69, 9.17) is 23.9 Å². The van der Waals surface area contributed by atoms with Crippen LogP contribution in [0.25, 0.3) is 11.3 Å². The average molecular weight is 572 g/mol. The summed E-state index contributed by atoms with van der Waals surface area (Å²) in [4.78, 5) is 14.3. The summed E-state index contributed by atoms with van der Waals surface area (Å²) in [5, 5.41) is 9.79. The lowest BCUT2D eigenvalue weighted by Crippen LogP contribution is -2.46. The molecule has 0 aliphatic carbocycles. The largest absolute Gasteiger partial charge is 0.493 e. The van der Waals surface area contributed by atoms with Gasteiger partial charge in [0.15, 0.2) is 11.5 Å². The van der Waals surface area contributed by atoms with Gasteiger partial charge in [-0.2, -0.15) is 5.26 Å². The lowest BCUT2D eigenvalue weighted by atomic mass is 10.1. The Morgan fingerprint density at radius 3 is 2.52 bits per heavy atom. The number of aromatic nitrogens is 2. The summed E-state index contributed by atoms with van der Waals surface area (Å²) in [6.07, 6.45) is 5.01. The monoisotopic (exact) mass is 571 g/mol. The topological polar surface area (TPSA) is 93.0 Å². The Labute approximate surface area is 249 Å². The number of ether oxygens (including phenoxy) is 4. The zero-order chi connectivity index (χ0) is 29.1. The summed E-state index contributed by atoms with van der Waals surface area (Å²) in [6, 6.07) is 15.8. The van der Waals surface area contributed by atoms with E-state index in [2.05, 4.69) is 27.8 Å². The molecule has 9 nitrogen and oxygen atoms in total. The van der Waals surface area contributed by atoms with Crippen LogP contribution in [0.3, 0.4) is 0 Å². The van der Waals surface area contributed by atoms with Crippen molar-refractivity contribution >= 4 is 0 Å². The lowest BCUT2D eigenvalue weighted by molar-refractivity contribution is 0.0254. The van der Waals surface area contributed by atoms with Crippen molar-refractivity contribution in [2.24, 2.45) is 0 Å². The fraction of sp³-hybridized carbons (Fsp3) is 0.485. The zero-order valence-corrected chi connectivity index (χ0v) is 24.8. The second-order valence-corrected chi connectivity index (χ2v) is 10.8. The molecule has 0 unspecified atom stereocenters. The van der Waals surface area contributed by atoms with Gasteiger partial charge in [-0.05, 0) is 54.9 Å². The van der Waals surface area contributed by atoms with Gasteiger partial charge < -0.3 is 28.7 Å². The first-order chi connectivity index (χ1) is 20.6. The quantitative estimate of drug-likeness (QED) is 0.290. The minimum absolute atomic E-state index is 0.0717. The maximum atomic E-state index is 9.79. The van der Waals surface area contributed by atoms with E-state index in [9.17, 15) is 5.26 Å². The van der Waals surface area contributed by atoms with Crippen LogP contribution in [0, 0.1) is 11.3 Å². The molecule has 2 aromatic carbocycles. The lowest BCUT2D eigenvalue weighted by Gasteiger charge is -2.33. The van der Waals surface area contributed by atoms with Crippen molar-refractivity contribution in [1.82, 2.24) is 19.8 Å². The molecule has 0 amide bonds. The van der Waals surface area contributed by atoms with Crippen molar-refractivity contribution in [1.29, 1.82) is 5.26 Å². The molecule has 3 heterocycles. The number of piperazine rings is 1. The van der Waals surface area contributed by atoms with Gasteiger partial charge in [-0.1, -0.05) is 13.0 Å². The second-order valence-electron chi connectivity index (χ2n) is 10.8. The van der Waals surface area contributed by atoms with Crippen LogP contribution in [0.2, 0.25) is 0 Å². The van der Waals surface area contributed by atoms with Crippen LogP contribution >= 0.6 is 0 Å². The van der Waals surface area contributed by atoms with Crippen LogP contribution < -0.4 is 14.2 Å². The molecule has 2 saturated heterocycles. The third kappa shape index (κ3) is 7.97. The van der Waals surface area contributed by atoms with Crippen molar-refractivity contribution in [3.05, 3.63) is 65.6 Å². The van der Waals surface area contributed by atoms with Gasteiger partial charge in [-0.25, -0.2) is 9.97 Å². The highest BCUT2D eigenvalue weighted by atomic mass is 16.5. The molecular weight excluding hydrogens is 530 g/mol. The molecule has 222 valence electrons. The smallest absolute Gasteiger partial charge is 0.161 e. The van der Waals surface area contributed by atoms with E-state index < -0.39 is 0 Å².